The first-order chi connectivity index (χ1) is 9.28. The van der Waals surface area contributed by atoms with E-state index in [1.165, 1.54) is 5.56 Å². The van der Waals surface area contributed by atoms with E-state index in [2.05, 4.69) is 39.8 Å². The van der Waals surface area contributed by atoms with Gasteiger partial charge in [0.25, 0.3) is 0 Å². The molecule has 4 nitrogen and oxygen atoms in total. The number of piperazine rings is 1. The molecule has 2 N–H and O–H groups in total. The van der Waals surface area contributed by atoms with Crippen molar-refractivity contribution in [2.45, 2.75) is 24.9 Å². The van der Waals surface area contributed by atoms with E-state index >= 15 is 0 Å². The number of benzene rings is 1. The van der Waals surface area contributed by atoms with Gasteiger partial charge in [0, 0.05) is 26.2 Å². The van der Waals surface area contributed by atoms with Gasteiger partial charge in [-0.05, 0) is 24.9 Å². The van der Waals surface area contributed by atoms with Crippen LogP contribution < -0.4 is 10.6 Å². The van der Waals surface area contributed by atoms with E-state index in [0.29, 0.717) is 0 Å². The number of likely N-dealkylation sites (tertiary alicyclic amines) is 1. The summed E-state index contributed by atoms with van der Waals surface area (Å²) in [6.45, 7) is 4.45. The van der Waals surface area contributed by atoms with Gasteiger partial charge in [-0.1, -0.05) is 30.3 Å². The van der Waals surface area contributed by atoms with Gasteiger partial charge < -0.3 is 10.6 Å². The summed E-state index contributed by atoms with van der Waals surface area (Å²) in [5.41, 5.74) is 0.960. The van der Waals surface area contributed by atoms with Crippen molar-refractivity contribution in [2.24, 2.45) is 0 Å². The van der Waals surface area contributed by atoms with Crippen molar-refractivity contribution in [1.82, 2.24) is 15.5 Å². The number of carbonyl (C=O) groups excluding carboxylic acids is 1. The number of nitrogens with zero attached hydrogens (tertiary/aromatic N) is 1. The van der Waals surface area contributed by atoms with Crippen molar-refractivity contribution in [3.8, 4) is 0 Å². The summed E-state index contributed by atoms with van der Waals surface area (Å²) in [4.78, 5) is 14.6. The monoisotopic (exact) mass is 259 g/mol. The number of hydrogen-bond donors (Lipinski definition) is 2. The number of rotatable bonds is 2. The second kappa shape index (κ2) is 5.31. The van der Waals surface area contributed by atoms with Crippen LogP contribution in [0, 0.1) is 0 Å². The lowest BCUT2D eigenvalue weighted by Crippen LogP contribution is -2.69. The van der Waals surface area contributed by atoms with E-state index in [0.717, 1.165) is 45.6 Å². The second-order valence-electron chi connectivity index (χ2n) is 5.56. The topological polar surface area (TPSA) is 44.4 Å². The Hall–Kier alpha value is -1.39. The van der Waals surface area contributed by atoms with E-state index in [1.54, 1.807) is 0 Å². The van der Waals surface area contributed by atoms with E-state index < -0.39 is 0 Å². The van der Waals surface area contributed by atoms with Crippen molar-refractivity contribution in [1.29, 1.82) is 0 Å². The molecule has 1 aromatic rings. The fraction of sp³-hybridized carbons (Fsp3) is 0.533. The Labute approximate surface area is 114 Å². The van der Waals surface area contributed by atoms with Crippen molar-refractivity contribution in [3.05, 3.63) is 35.9 Å². The number of piperidine rings is 1. The second-order valence-corrected chi connectivity index (χ2v) is 5.56. The molecule has 0 saturated carbocycles. The van der Waals surface area contributed by atoms with Crippen LogP contribution in [0.2, 0.25) is 0 Å². The molecule has 1 aromatic carbocycles. The molecule has 4 heteroatoms. The maximum Gasteiger partial charge on any atom is 0.241 e. The molecule has 1 unspecified atom stereocenters. The van der Waals surface area contributed by atoms with Crippen molar-refractivity contribution < 1.29 is 4.79 Å². The minimum atomic E-state index is -0.356. The zero-order valence-electron chi connectivity index (χ0n) is 11.2. The van der Waals surface area contributed by atoms with Gasteiger partial charge in [0.05, 0.1) is 0 Å². The predicted molar refractivity (Wildman–Crippen MR) is 74.7 cm³/mol. The Balaban J connectivity index is 1.69. The average Bonchev–Trinajstić information content (AvgIpc) is 2.44. The summed E-state index contributed by atoms with van der Waals surface area (Å²) < 4.78 is 0. The molecule has 19 heavy (non-hydrogen) atoms. The average molecular weight is 259 g/mol. The van der Waals surface area contributed by atoms with Crippen LogP contribution in [0.1, 0.15) is 18.4 Å². The highest BCUT2D eigenvalue weighted by molar-refractivity contribution is 5.87. The lowest BCUT2D eigenvalue weighted by Gasteiger charge is -2.44. The highest BCUT2D eigenvalue weighted by Gasteiger charge is 2.43. The van der Waals surface area contributed by atoms with E-state index in [1.807, 2.05) is 6.07 Å². The maximum atomic E-state index is 12.2. The van der Waals surface area contributed by atoms with Gasteiger partial charge in [-0.2, -0.15) is 0 Å². The third kappa shape index (κ3) is 2.65. The molecular weight excluding hydrogens is 238 g/mol. The van der Waals surface area contributed by atoms with Crippen LogP contribution in [0.5, 0.6) is 0 Å². The fourth-order valence-corrected chi connectivity index (χ4v) is 3.18. The first-order valence-electron chi connectivity index (χ1n) is 7.08. The molecule has 2 aliphatic rings. The number of carbonyl (C=O) groups is 1. The van der Waals surface area contributed by atoms with Crippen LogP contribution >= 0.6 is 0 Å². The third-order valence-electron chi connectivity index (χ3n) is 4.13. The van der Waals surface area contributed by atoms with E-state index in [-0.39, 0.29) is 11.4 Å². The Morgan fingerprint density at radius 1 is 1.21 bits per heavy atom. The molecule has 0 aliphatic carbocycles. The van der Waals surface area contributed by atoms with Gasteiger partial charge >= 0.3 is 0 Å². The zero-order valence-corrected chi connectivity index (χ0v) is 11.2. The standard InChI is InChI=1S/C15H21N3O/c19-14-15(17-9-8-16-14)7-4-10-18(12-15)11-13-5-2-1-3-6-13/h1-3,5-6,17H,4,7-12H2,(H,16,19). The van der Waals surface area contributed by atoms with Crippen LogP contribution in [0.4, 0.5) is 0 Å². The largest absolute Gasteiger partial charge is 0.353 e. The summed E-state index contributed by atoms with van der Waals surface area (Å²) in [6.07, 6.45) is 2.03. The first-order valence-corrected chi connectivity index (χ1v) is 7.08. The lowest BCUT2D eigenvalue weighted by molar-refractivity contribution is -0.132. The summed E-state index contributed by atoms with van der Waals surface area (Å²) >= 11 is 0. The van der Waals surface area contributed by atoms with Gasteiger partial charge in [0.2, 0.25) is 5.91 Å². The SMILES string of the molecule is O=C1NCCNC12CCCN(Cc1ccccc1)C2. The summed E-state index contributed by atoms with van der Waals surface area (Å²) in [6, 6.07) is 10.5. The van der Waals surface area contributed by atoms with Crippen LogP contribution in [-0.4, -0.2) is 42.5 Å². The molecule has 2 heterocycles. The highest BCUT2D eigenvalue weighted by atomic mass is 16.2. The van der Waals surface area contributed by atoms with E-state index in [4.69, 9.17) is 0 Å². The van der Waals surface area contributed by atoms with Crippen LogP contribution in [0.25, 0.3) is 0 Å². The molecule has 0 radical (unpaired) electrons. The molecule has 3 rings (SSSR count). The minimum absolute atomic E-state index is 0.177. The third-order valence-corrected chi connectivity index (χ3v) is 4.13. The summed E-state index contributed by atoms with van der Waals surface area (Å²) in [7, 11) is 0. The molecule has 1 amide bonds. The van der Waals surface area contributed by atoms with Gasteiger partial charge in [-0.25, -0.2) is 0 Å². The molecule has 2 saturated heterocycles. The number of amides is 1. The molecular formula is C15H21N3O. The predicted octanol–water partition coefficient (Wildman–Crippen LogP) is 0.741. The molecule has 1 spiro atoms. The Kier molecular flexibility index (Phi) is 3.53. The van der Waals surface area contributed by atoms with Crippen molar-refractivity contribution in [2.75, 3.05) is 26.2 Å². The molecule has 2 aliphatic heterocycles. The first kappa shape index (κ1) is 12.6. The number of hydrogen-bond acceptors (Lipinski definition) is 3. The molecule has 1 atom stereocenters. The summed E-state index contributed by atoms with van der Waals surface area (Å²) in [5.74, 6) is 0.177. The Bertz CT molecular complexity index is 444. The van der Waals surface area contributed by atoms with Gasteiger partial charge in [0.1, 0.15) is 5.54 Å². The Morgan fingerprint density at radius 2 is 2.05 bits per heavy atom. The summed E-state index contributed by atoms with van der Waals surface area (Å²) in [5, 5.41) is 6.45. The molecule has 0 aromatic heterocycles. The molecule has 102 valence electrons. The minimum Gasteiger partial charge on any atom is -0.353 e. The van der Waals surface area contributed by atoms with Crippen LogP contribution in [0.15, 0.2) is 30.3 Å². The zero-order chi connectivity index (χ0) is 13.1. The quantitative estimate of drug-likeness (QED) is 0.823. The van der Waals surface area contributed by atoms with Crippen LogP contribution in [0.3, 0.4) is 0 Å². The smallest absolute Gasteiger partial charge is 0.241 e. The van der Waals surface area contributed by atoms with Gasteiger partial charge in [-0.15, -0.1) is 0 Å². The maximum absolute atomic E-state index is 12.2. The highest BCUT2D eigenvalue weighted by Crippen LogP contribution is 2.24. The molecule has 2 fully saturated rings. The fourth-order valence-electron chi connectivity index (χ4n) is 3.18. The molecule has 0 bridgehead atoms. The lowest BCUT2D eigenvalue weighted by atomic mass is 9.86. The van der Waals surface area contributed by atoms with Crippen molar-refractivity contribution >= 4 is 5.91 Å². The van der Waals surface area contributed by atoms with Crippen molar-refractivity contribution in [3.63, 3.8) is 0 Å². The number of nitrogens with one attached hydrogen (secondary N) is 2. The van der Waals surface area contributed by atoms with Gasteiger partial charge in [0.15, 0.2) is 0 Å². The Morgan fingerprint density at radius 3 is 2.84 bits per heavy atom. The van der Waals surface area contributed by atoms with Crippen LogP contribution in [-0.2, 0) is 11.3 Å². The van der Waals surface area contributed by atoms with Gasteiger partial charge in [-0.3, -0.25) is 9.69 Å². The normalized spacial score (nSPS) is 28.3. The van der Waals surface area contributed by atoms with E-state index in [9.17, 15) is 4.79 Å².